The molecule has 3 aromatic heterocycles. The van der Waals surface area contributed by atoms with E-state index in [0.717, 1.165) is 16.7 Å². The monoisotopic (exact) mass is 371 g/mol. The third kappa shape index (κ3) is 2.62. The van der Waals surface area contributed by atoms with Crippen molar-refractivity contribution >= 4 is 33.7 Å². The van der Waals surface area contributed by atoms with Gasteiger partial charge >= 0.3 is 0 Å². The van der Waals surface area contributed by atoms with Crippen molar-refractivity contribution in [2.45, 2.75) is 0 Å². The van der Waals surface area contributed by atoms with Gasteiger partial charge in [-0.1, -0.05) is 0 Å². The average Bonchev–Trinajstić information content (AvgIpc) is 3.35. The Balaban J connectivity index is 1.40. The summed E-state index contributed by atoms with van der Waals surface area (Å²) in [6, 6.07) is 12.4. The summed E-state index contributed by atoms with van der Waals surface area (Å²) in [6.45, 7) is 0. The summed E-state index contributed by atoms with van der Waals surface area (Å²) in [6.07, 6.45) is 4.41. The first-order chi connectivity index (χ1) is 13.7. The van der Waals surface area contributed by atoms with Crippen molar-refractivity contribution in [2.75, 3.05) is 5.32 Å². The largest absolute Gasteiger partial charge is 0.345 e. The number of nitrogens with zero attached hydrogens (tertiary/aromatic N) is 4. The molecule has 0 bridgehead atoms. The summed E-state index contributed by atoms with van der Waals surface area (Å²) in [7, 11) is 0. The number of carbonyl (C=O) groups excluding carboxylic acids is 1. The number of hydrogen-bond donors (Lipinski definition) is 3. The number of anilines is 1. The van der Waals surface area contributed by atoms with Gasteiger partial charge in [0.15, 0.2) is 5.65 Å². The number of aromatic amines is 2. The lowest BCUT2D eigenvalue weighted by Gasteiger charge is -2.07. The number of amides is 1. The molecule has 0 unspecified atom stereocenters. The number of fused-ring (bicyclic) bond motifs is 2. The predicted octanol–water partition coefficient (Wildman–Crippen LogP) is 2.24. The molecule has 5 rings (SSSR count). The zero-order valence-corrected chi connectivity index (χ0v) is 14.4. The minimum atomic E-state index is -0.241. The molecule has 0 aliphatic carbocycles. The molecule has 9 nitrogen and oxygen atoms in total. The molecule has 0 aliphatic rings. The molecule has 0 atom stereocenters. The van der Waals surface area contributed by atoms with Crippen LogP contribution in [0.15, 0.2) is 66.1 Å². The van der Waals surface area contributed by atoms with Gasteiger partial charge in [-0.2, -0.15) is 5.10 Å². The lowest BCUT2D eigenvalue weighted by atomic mass is 10.2. The van der Waals surface area contributed by atoms with Crippen LogP contribution in [-0.4, -0.2) is 35.6 Å². The Morgan fingerprint density at radius 1 is 1.00 bits per heavy atom. The van der Waals surface area contributed by atoms with Gasteiger partial charge in [0.1, 0.15) is 5.39 Å². The molecule has 0 fully saturated rings. The molecule has 136 valence electrons. The summed E-state index contributed by atoms with van der Waals surface area (Å²) in [5, 5.41) is 7.50. The van der Waals surface area contributed by atoms with Crippen molar-refractivity contribution in [1.82, 2.24) is 29.7 Å². The van der Waals surface area contributed by atoms with Crippen LogP contribution in [0.2, 0.25) is 0 Å². The number of hydrogen-bond acceptors (Lipinski definition) is 5. The Bertz CT molecular complexity index is 1380. The van der Waals surface area contributed by atoms with Gasteiger partial charge in [0.2, 0.25) is 0 Å². The topological polar surface area (TPSA) is 121 Å². The highest BCUT2D eigenvalue weighted by Gasteiger charge is 2.10. The van der Waals surface area contributed by atoms with E-state index in [1.165, 1.54) is 12.5 Å². The highest BCUT2D eigenvalue weighted by Crippen LogP contribution is 2.18. The molecule has 1 amide bonds. The van der Waals surface area contributed by atoms with Crippen molar-refractivity contribution in [1.29, 1.82) is 0 Å². The predicted molar refractivity (Wildman–Crippen MR) is 104 cm³/mol. The van der Waals surface area contributed by atoms with E-state index in [9.17, 15) is 9.59 Å². The van der Waals surface area contributed by atoms with Gasteiger partial charge in [-0.15, -0.1) is 0 Å². The van der Waals surface area contributed by atoms with E-state index in [0.29, 0.717) is 22.3 Å². The van der Waals surface area contributed by atoms with Crippen LogP contribution in [-0.2, 0) is 0 Å². The maximum Gasteiger partial charge on any atom is 0.261 e. The maximum absolute atomic E-state index is 12.5. The van der Waals surface area contributed by atoms with Gasteiger partial charge < -0.3 is 15.3 Å². The Morgan fingerprint density at radius 2 is 1.82 bits per heavy atom. The second-order valence-corrected chi connectivity index (χ2v) is 6.16. The van der Waals surface area contributed by atoms with Gasteiger partial charge in [-0.05, 0) is 42.5 Å². The third-order valence-corrected chi connectivity index (χ3v) is 4.42. The van der Waals surface area contributed by atoms with Gasteiger partial charge in [0.25, 0.3) is 11.5 Å². The first-order valence-electron chi connectivity index (χ1n) is 8.45. The molecule has 3 N–H and O–H groups in total. The van der Waals surface area contributed by atoms with Gasteiger partial charge in [0.05, 0.1) is 35.6 Å². The minimum absolute atomic E-state index is 0.220. The molecule has 3 heterocycles. The van der Waals surface area contributed by atoms with Crippen LogP contribution in [0.25, 0.3) is 27.8 Å². The smallest absolute Gasteiger partial charge is 0.261 e. The van der Waals surface area contributed by atoms with Crippen molar-refractivity contribution in [3.63, 3.8) is 0 Å². The molecular formula is C19H13N7O2. The fourth-order valence-electron chi connectivity index (χ4n) is 3.01. The van der Waals surface area contributed by atoms with Crippen molar-refractivity contribution in [3.8, 4) is 5.69 Å². The van der Waals surface area contributed by atoms with Crippen LogP contribution < -0.4 is 10.9 Å². The zero-order chi connectivity index (χ0) is 19.1. The van der Waals surface area contributed by atoms with E-state index in [1.54, 1.807) is 53.5 Å². The van der Waals surface area contributed by atoms with E-state index in [4.69, 9.17) is 0 Å². The number of rotatable bonds is 3. The molecule has 9 heteroatoms. The lowest BCUT2D eigenvalue weighted by molar-refractivity contribution is 0.102. The molecule has 0 radical (unpaired) electrons. The van der Waals surface area contributed by atoms with Crippen LogP contribution in [0.1, 0.15) is 10.4 Å². The maximum atomic E-state index is 12.5. The number of carbonyl (C=O) groups is 1. The van der Waals surface area contributed by atoms with Crippen LogP contribution >= 0.6 is 0 Å². The molecule has 0 aliphatic heterocycles. The standard InChI is InChI=1S/C19H13N7O2/c27-18(11-1-6-15-16(7-11)21-9-20-15)25-12-2-4-13(5-3-12)26-17-14(8-24-26)19(28)23-10-22-17/h1-10H,(H,20,21)(H,25,27)(H,22,23,28). The lowest BCUT2D eigenvalue weighted by Crippen LogP contribution is -2.12. The summed E-state index contributed by atoms with van der Waals surface area (Å²) >= 11 is 0. The Hall–Kier alpha value is -4.27. The van der Waals surface area contributed by atoms with Crippen LogP contribution in [0.5, 0.6) is 0 Å². The Kier molecular flexibility index (Phi) is 3.51. The van der Waals surface area contributed by atoms with E-state index in [2.05, 4.69) is 30.4 Å². The molecular weight excluding hydrogens is 358 g/mol. The van der Waals surface area contributed by atoms with Crippen molar-refractivity contribution in [2.24, 2.45) is 0 Å². The van der Waals surface area contributed by atoms with E-state index >= 15 is 0 Å². The first-order valence-corrected chi connectivity index (χ1v) is 8.45. The average molecular weight is 371 g/mol. The normalized spacial score (nSPS) is 11.1. The van der Waals surface area contributed by atoms with Crippen molar-refractivity contribution < 1.29 is 4.79 Å². The minimum Gasteiger partial charge on any atom is -0.345 e. The number of nitrogens with one attached hydrogen (secondary N) is 3. The highest BCUT2D eigenvalue weighted by molar-refractivity contribution is 6.05. The SMILES string of the molecule is O=C(Nc1ccc(-n2ncc3c(=O)[nH]cnc32)cc1)c1ccc2nc[nH]c2c1. The Morgan fingerprint density at radius 3 is 2.68 bits per heavy atom. The molecule has 0 spiro atoms. The van der Waals surface area contributed by atoms with E-state index < -0.39 is 0 Å². The molecule has 0 saturated carbocycles. The molecule has 2 aromatic carbocycles. The van der Waals surface area contributed by atoms with Gasteiger partial charge in [0, 0.05) is 11.3 Å². The summed E-state index contributed by atoms with van der Waals surface area (Å²) in [4.78, 5) is 38.1. The fourth-order valence-corrected chi connectivity index (χ4v) is 3.01. The van der Waals surface area contributed by atoms with Gasteiger partial charge in [-0.25, -0.2) is 14.6 Å². The van der Waals surface area contributed by atoms with Crippen LogP contribution in [0, 0.1) is 0 Å². The number of aromatic nitrogens is 6. The number of H-pyrrole nitrogens is 2. The summed E-state index contributed by atoms with van der Waals surface area (Å²) < 4.78 is 1.57. The molecule has 0 saturated heterocycles. The molecule has 28 heavy (non-hydrogen) atoms. The zero-order valence-electron chi connectivity index (χ0n) is 14.4. The van der Waals surface area contributed by atoms with Crippen LogP contribution in [0.3, 0.4) is 0 Å². The van der Waals surface area contributed by atoms with Gasteiger partial charge in [-0.3, -0.25) is 9.59 Å². The molecule has 5 aromatic rings. The number of benzene rings is 2. The van der Waals surface area contributed by atoms with E-state index in [1.807, 2.05) is 0 Å². The first kappa shape index (κ1) is 15.9. The van der Waals surface area contributed by atoms with Crippen molar-refractivity contribution in [3.05, 3.63) is 77.2 Å². The number of imidazole rings is 1. The van der Waals surface area contributed by atoms with Crippen LogP contribution in [0.4, 0.5) is 5.69 Å². The summed E-state index contributed by atoms with van der Waals surface area (Å²) in [5.41, 5.74) is 3.73. The third-order valence-electron chi connectivity index (χ3n) is 4.42. The second kappa shape index (κ2) is 6.16. The Labute approximate surface area is 157 Å². The highest BCUT2D eigenvalue weighted by atomic mass is 16.1. The summed E-state index contributed by atoms with van der Waals surface area (Å²) in [5.74, 6) is -0.220. The second-order valence-electron chi connectivity index (χ2n) is 6.16. The quantitative estimate of drug-likeness (QED) is 0.449. The fraction of sp³-hybridized carbons (Fsp3) is 0. The van der Waals surface area contributed by atoms with E-state index in [-0.39, 0.29) is 11.5 Å².